The lowest BCUT2D eigenvalue weighted by Crippen LogP contribution is -1.98. The standard InChI is InChI=1S/C10H10Cl2NO/c11-8-5-4-7(6-9(8)12)2-1-3-10(13)14/h4-6,13H,1-3H2. The van der Waals surface area contributed by atoms with Gasteiger partial charge in [0.25, 0.3) is 0 Å². The zero-order valence-electron chi connectivity index (χ0n) is 7.52. The van der Waals surface area contributed by atoms with Crippen LogP contribution in [0.5, 0.6) is 0 Å². The van der Waals surface area contributed by atoms with Crippen LogP contribution < -0.4 is 5.73 Å². The molecule has 0 bridgehead atoms. The Balaban J connectivity index is 2.51. The number of halogens is 2. The number of benzene rings is 1. The fourth-order valence-electron chi connectivity index (χ4n) is 1.15. The highest BCUT2D eigenvalue weighted by atomic mass is 35.5. The Kier molecular flexibility index (Phi) is 4.23. The van der Waals surface area contributed by atoms with Crippen LogP contribution in [0.2, 0.25) is 10.0 Å². The second-order valence-corrected chi connectivity index (χ2v) is 3.84. The average molecular weight is 231 g/mol. The minimum atomic E-state index is -0.523. The maximum atomic E-state index is 10.4. The van der Waals surface area contributed by atoms with Gasteiger partial charge >= 0.3 is 0 Å². The predicted molar refractivity (Wildman–Crippen MR) is 57.5 cm³/mol. The molecule has 4 heteroatoms. The van der Waals surface area contributed by atoms with Crippen LogP contribution in [0.15, 0.2) is 18.2 Å². The number of hydrogen-bond acceptors (Lipinski definition) is 1. The Labute approximate surface area is 93.0 Å². The molecule has 1 aromatic carbocycles. The summed E-state index contributed by atoms with van der Waals surface area (Å²) >= 11 is 11.6. The highest BCUT2D eigenvalue weighted by molar-refractivity contribution is 6.42. The van der Waals surface area contributed by atoms with Crippen molar-refractivity contribution < 1.29 is 4.79 Å². The van der Waals surface area contributed by atoms with E-state index in [1.54, 1.807) is 12.1 Å². The topological polar surface area (TPSA) is 40.9 Å². The molecule has 75 valence electrons. The molecule has 0 saturated carbocycles. The van der Waals surface area contributed by atoms with Crippen LogP contribution >= 0.6 is 23.2 Å². The van der Waals surface area contributed by atoms with Gasteiger partial charge < -0.3 is 0 Å². The fraction of sp³-hybridized carbons (Fsp3) is 0.300. The van der Waals surface area contributed by atoms with Gasteiger partial charge in [0.2, 0.25) is 5.91 Å². The molecule has 0 saturated heterocycles. The molecular formula is C10H10Cl2NO. The number of carbonyl (C=O) groups is 1. The van der Waals surface area contributed by atoms with Crippen LogP contribution in [0.4, 0.5) is 0 Å². The Hall–Kier alpha value is -0.730. The lowest BCUT2D eigenvalue weighted by atomic mass is 10.1. The molecule has 0 heterocycles. The average Bonchev–Trinajstić information content (AvgIpc) is 2.10. The maximum Gasteiger partial charge on any atom is 0.238 e. The Morgan fingerprint density at radius 2 is 2.00 bits per heavy atom. The molecule has 1 aromatic rings. The molecule has 0 spiro atoms. The second-order valence-electron chi connectivity index (χ2n) is 3.03. The van der Waals surface area contributed by atoms with E-state index in [0.717, 1.165) is 12.0 Å². The summed E-state index contributed by atoms with van der Waals surface area (Å²) in [5.74, 6) is -0.523. The van der Waals surface area contributed by atoms with Gasteiger partial charge in [0.1, 0.15) is 0 Å². The Bertz CT molecular complexity index is 339. The van der Waals surface area contributed by atoms with Gasteiger partial charge in [-0.15, -0.1) is 0 Å². The smallest absolute Gasteiger partial charge is 0.238 e. The zero-order valence-corrected chi connectivity index (χ0v) is 9.03. The van der Waals surface area contributed by atoms with E-state index < -0.39 is 5.91 Å². The molecule has 1 N–H and O–H groups in total. The highest BCUT2D eigenvalue weighted by Crippen LogP contribution is 2.23. The van der Waals surface area contributed by atoms with Crippen molar-refractivity contribution in [2.24, 2.45) is 0 Å². The van der Waals surface area contributed by atoms with E-state index in [1.165, 1.54) is 0 Å². The molecule has 0 aromatic heterocycles. The van der Waals surface area contributed by atoms with Gasteiger partial charge in [-0.25, -0.2) is 0 Å². The normalized spacial score (nSPS) is 10.1. The van der Waals surface area contributed by atoms with Crippen molar-refractivity contribution in [3.63, 3.8) is 0 Å². The van der Waals surface area contributed by atoms with E-state index in [4.69, 9.17) is 28.9 Å². The van der Waals surface area contributed by atoms with Gasteiger partial charge in [-0.3, -0.25) is 10.5 Å². The van der Waals surface area contributed by atoms with E-state index in [1.807, 2.05) is 6.07 Å². The number of nitrogens with one attached hydrogen (secondary N) is 1. The minimum absolute atomic E-state index is 0.292. The molecule has 2 nitrogen and oxygen atoms in total. The van der Waals surface area contributed by atoms with Crippen LogP contribution in [-0.2, 0) is 11.2 Å². The number of hydrogen-bond donors (Lipinski definition) is 0. The first-order valence-corrected chi connectivity index (χ1v) is 5.03. The maximum absolute atomic E-state index is 10.4. The summed E-state index contributed by atoms with van der Waals surface area (Å²) in [6.45, 7) is 0. The van der Waals surface area contributed by atoms with E-state index in [9.17, 15) is 4.79 Å². The molecule has 0 atom stereocenters. The van der Waals surface area contributed by atoms with Gasteiger partial charge in [-0.2, -0.15) is 0 Å². The third kappa shape index (κ3) is 3.56. The summed E-state index contributed by atoms with van der Waals surface area (Å²) in [5, 5.41) is 1.06. The first-order chi connectivity index (χ1) is 6.59. The van der Waals surface area contributed by atoms with Crippen molar-refractivity contribution in [3.05, 3.63) is 33.8 Å². The summed E-state index contributed by atoms with van der Waals surface area (Å²) < 4.78 is 0. The van der Waals surface area contributed by atoms with Crippen LogP contribution in [0, 0.1) is 0 Å². The summed E-state index contributed by atoms with van der Waals surface area (Å²) in [5.41, 5.74) is 7.78. The monoisotopic (exact) mass is 230 g/mol. The first kappa shape index (κ1) is 11.3. The largest absolute Gasteiger partial charge is 0.273 e. The van der Waals surface area contributed by atoms with Crippen molar-refractivity contribution in [2.75, 3.05) is 0 Å². The molecule has 0 aliphatic rings. The van der Waals surface area contributed by atoms with Gasteiger partial charge in [-0.05, 0) is 30.5 Å². The van der Waals surface area contributed by atoms with E-state index in [2.05, 4.69) is 0 Å². The molecule has 0 unspecified atom stereocenters. The SMILES string of the molecule is [NH]C(=O)CCCc1ccc(Cl)c(Cl)c1. The van der Waals surface area contributed by atoms with Gasteiger partial charge in [0, 0.05) is 6.42 Å². The number of aryl methyl sites for hydroxylation is 1. The van der Waals surface area contributed by atoms with Crippen LogP contribution in [0.25, 0.3) is 0 Å². The van der Waals surface area contributed by atoms with E-state index in [-0.39, 0.29) is 0 Å². The fourth-order valence-corrected chi connectivity index (χ4v) is 1.47. The number of carbonyl (C=O) groups excluding carboxylic acids is 1. The summed E-state index contributed by atoms with van der Waals surface area (Å²) in [7, 11) is 0. The highest BCUT2D eigenvalue weighted by Gasteiger charge is 2.00. The molecule has 0 aliphatic heterocycles. The second kappa shape index (κ2) is 5.23. The van der Waals surface area contributed by atoms with Gasteiger partial charge in [-0.1, -0.05) is 29.3 Å². The molecule has 0 aliphatic carbocycles. The molecule has 1 radical (unpaired) electrons. The minimum Gasteiger partial charge on any atom is -0.273 e. The third-order valence-electron chi connectivity index (χ3n) is 1.85. The summed E-state index contributed by atoms with van der Waals surface area (Å²) in [6, 6.07) is 5.41. The van der Waals surface area contributed by atoms with Crippen LogP contribution in [0.1, 0.15) is 18.4 Å². The van der Waals surface area contributed by atoms with E-state index >= 15 is 0 Å². The Morgan fingerprint density at radius 3 is 2.57 bits per heavy atom. The first-order valence-electron chi connectivity index (χ1n) is 4.28. The van der Waals surface area contributed by atoms with Gasteiger partial charge in [0.15, 0.2) is 0 Å². The molecule has 1 rings (SSSR count). The third-order valence-corrected chi connectivity index (χ3v) is 2.59. The van der Waals surface area contributed by atoms with E-state index in [0.29, 0.717) is 22.9 Å². The number of amides is 1. The van der Waals surface area contributed by atoms with Gasteiger partial charge in [0.05, 0.1) is 10.0 Å². The lowest BCUT2D eigenvalue weighted by Gasteiger charge is -2.01. The van der Waals surface area contributed by atoms with Crippen molar-refractivity contribution in [1.82, 2.24) is 5.73 Å². The molecule has 1 amide bonds. The molecular weight excluding hydrogens is 221 g/mol. The predicted octanol–water partition coefficient (Wildman–Crippen LogP) is 3.13. The van der Waals surface area contributed by atoms with Crippen LogP contribution in [-0.4, -0.2) is 5.91 Å². The quantitative estimate of drug-likeness (QED) is 0.784. The summed E-state index contributed by atoms with van der Waals surface area (Å²) in [4.78, 5) is 10.4. The van der Waals surface area contributed by atoms with Crippen molar-refractivity contribution in [3.8, 4) is 0 Å². The zero-order chi connectivity index (χ0) is 10.6. The van der Waals surface area contributed by atoms with Crippen molar-refractivity contribution in [1.29, 1.82) is 0 Å². The molecule has 0 fully saturated rings. The Morgan fingerprint density at radius 1 is 1.29 bits per heavy atom. The summed E-state index contributed by atoms with van der Waals surface area (Å²) in [6.07, 6.45) is 1.72. The van der Waals surface area contributed by atoms with Crippen molar-refractivity contribution >= 4 is 29.1 Å². The lowest BCUT2D eigenvalue weighted by molar-refractivity contribution is -0.118. The molecule has 14 heavy (non-hydrogen) atoms. The number of rotatable bonds is 4. The van der Waals surface area contributed by atoms with Crippen molar-refractivity contribution in [2.45, 2.75) is 19.3 Å². The van der Waals surface area contributed by atoms with Crippen LogP contribution in [0.3, 0.4) is 0 Å².